The third-order valence-electron chi connectivity index (χ3n) is 5.16. The normalized spacial score (nSPS) is 16.1. The van der Waals surface area contributed by atoms with Crippen LogP contribution in [-0.4, -0.2) is 29.1 Å². The number of rotatable bonds is 4. The van der Waals surface area contributed by atoms with E-state index in [0.717, 1.165) is 54.8 Å². The Morgan fingerprint density at radius 1 is 1.00 bits per heavy atom. The predicted octanol–water partition coefficient (Wildman–Crippen LogP) is 4.90. The van der Waals surface area contributed by atoms with Crippen molar-refractivity contribution in [2.24, 2.45) is 0 Å². The first-order valence-electron chi connectivity index (χ1n) is 9.48. The lowest BCUT2D eigenvalue weighted by atomic mass is 10.1. The Kier molecular flexibility index (Phi) is 4.89. The lowest BCUT2D eigenvalue weighted by Crippen LogP contribution is -2.37. The van der Waals surface area contributed by atoms with Crippen LogP contribution in [0.5, 0.6) is 5.75 Å². The summed E-state index contributed by atoms with van der Waals surface area (Å²) in [7, 11) is 0. The number of hydrogen-bond acceptors (Lipinski definition) is 3. The highest BCUT2D eigenvalue weighted by Crippen LogP contribution is 2.28. The minimum atomic E-state index is 0.287. The molecule has 0 unspecified atom stereocenters. The van der Waals surface area contributed by atoms with E-state index in [-0.39, 0.29) is 6.10 Å². The van der Waals surface area contributed by atoms with Crippen molar-refractivity contribution < 1.29 is 4.74 Å². The molecule has 3 aromatic rings. The van der Waals surface area contributed by atoms with Crippen molar-refractivity contribution in [3.05, 3.63) is 71.4 Å². The molecule has 1 aromatic heterocycles. The van der Waals surface area contributed by atoms with Crippen molar-refractivity contribution in [1.29, 1.82) is 0 Å². The molecule has 4 rings (SSSR count). The van der Waals surface area contributed by atoms with Gasteiger partial charge in [0.05, 0.1) is 5.52 Å². The smallest absolute Gasteiger partial charge is 0.130 e. The van der Waals surface area contributed by atoms with Crippen LogP contribution < -0.4 is 4.74 Å². The Bertz CT molecular complexity index is 880. The molecule has 3 heteroatoms. The summed E-state index contributed by atoms with van der Waals surface area (Å²) in [5.41, 5.74) is 4.74. The highest BCUT2D eigenvalue weighted by Gasteiger charge is 2.21. The monoisotopic (exact) mass is 346 g/mol. The fourth-order valence-corrected chi connectivity index (χ4v) is 3.68. The third kappa shape index (κ3) is 3.88. The van der Waals surface area contributed by atoms with E-state index >= 15 is 0 Å². The molecular formula is C23H26N2O. The highest BCUT2D eigenvalue weighted by molar-refractivity contribution is 5.85. The topological polar surface area (TPSA) is 25.4 Å². The van der Waals surface area contributed by atoms with Crippen LogP contribution in [0.1, 0.15) is 29.7 Å². The van der Waals surface area contributed by atoms with Crippen molar-refractivity contribution in [3.63, 3.8) is 0 Å². The number of pyridine rings is 1. The Morgan fingerprint density at radius 2 is 1.73 bits per heavy atom. The molecule has 0 amide bonds. The van der Waals surface area contributed by atoms with Crippen molar-refractivity contribution in [2.75, 3.05) is 13.1 Å². The van der Waals surface area contributed by atoms with Gasteiger partial charge in [-0.05, 0) is 44.4 Å². The second-order valence-corrected chi connectivity index (χ2v) is 7.36. The first-order chi connectivity index (χ1) is 12.7. The Balaban J connectivity index is 1.39. The number of aryl methyl sites for hydroxylation is 2. The lowest BCUT2D eigenvalue weighted by molar-refractivity contribution is 0.0979. The summed E-state index contributed by atoms with van der Waals surface area (Å²) in [4.78, 5) is 7.13. The molecule has 2 aromatic carbocycles. The number of likely N-dealkylation sites (tertiary alicyclic amines) is 1. The van der Waals surface area contributed by atoms with Crippen molar-refractivity contribution >= 4 is 10.9 Å². The van der Waals surface area contributed by atoms with Gasteiger partial charge in [-0.1, -0.05) is 42.0 Å². The minimum absolute atomic E-state index is 0.287. The summed E-state index contributed by atoms with van der Waals surface area (Å²) in [5, 5.41) is 1.11. The van der Waals surface area contributed by atoms with Crippen molar-refractivity contribution in [3.8, 4) is 5.75 Å². The molecule has 0 atom stereocenters. The van der Waals surface area contributed by atoms with Gasteiger partial charge in [-0.15, -0.1) is 0 Å². The molecule has 0 saturated carbocycles. The maximum atomic E-state index is 6.40. The van der Waals surface area contributed by atoms with Gasteiger partial charge in [-0.2, -0.15) is 0 Å². The maximum absolute atomic E-state index is 6.40. The summed E-state index contributed by atoms with van der Waals surface area (Å²) in [5.74, 6) is 0.977. The van der Waals surface area contributed by atoms with E-state index in [4.69, 9.17) is 4.74 Å². The largest absolute Gasteiger partial charge is 0.490 e. The maximum Gasteiger partial charge on any atom is 0.130 e. The number of nitrogens with zero attached hydrogens (tertiary/aromatic N) is 2. The van der Waals surface area contributed by atoms with Gasteiger partial charge in [0.15, 0.2) is 0 Å². The predicted molar refractivity (Wildman–Crippen MR) is 107 cm³/mol. The molecular weight excluding hydrogens is 320 g/mol. The zero-order valence-electron chi connectivity index (χ0n) is 15.6. The molecule has 1 saturated heterocycles. The first kappa shape index (κ1) is 17.0. The van der Waals surface area contributed by atoms with Gasteiger partial charge >= 0.3 is 0 Å². The number of benzene rings is 2. The van der Waals surface area contributed by atoms with Crippen LogP contribution in [0.15, 0.2) is 54.6 Å². The molecule has 1 fully saturated rings. The van der Waals surface area contributed by atoms with E-state index in [1.54, 1.807) is 0 Å². The van der Waals surface area contributed by atoms with Crippen LogP contribution in [-0.2, 0) is 6.54 Å². The van der Waals surface area contributed by atoms with Crippen LogP contribution in [0.4, 0.5) is 0 Å². The van der Waals surface area contributed by atoms with E-state index < -0.39 is 0 Å². The number of hydrogen-bond donors (Lipinski definition) is 0. The Labute approximate surface area is 155 Å². The van der Waals surface area contributed by atoms with Crippen LogP contribution >= 0.6 is 0 Å². The van der Waals surface area contributed by atoms with E-state index in [1.165, 1.54) is 11.1 Å². The molecule has 1 aliphatic heterocycles. The lowest BCUT2D eigenvalue weighted by Gasteiger charge is -2.32. The van der Waals surface area contributed by atoms with Crippen LogP contribution in [0.25, 0.3) is 10.9 Å². The average molecular weight is 346 g/mol. The van der Waals surface area contributed by atoms with Gasteiger partial charge < -0.3 is 4.74 Å². The minimum Gasteiger partial charge on any atom is -0.490 e. The summed E-state index contributed by atoms with van der Waals surface area (Å²) < 4.78 is 6.40. The zero-order chi connectivity index (χ0) is 17.9. The van der Waals surface area contributed by atoms with Gasteiger partial charge in [0.25, 0.3) is 0 Å². The number of para-hydroxylation sites is 1. The Morgan fingerprint density at radius 3 is 2.50 bits per heavy atom. The fraction of sp³-hybridized carbons (Fsp3) is 0.348. The molecule has 1 aliphatic rings. The summed E-state index contributed by atoms with van der Waals surface area (Å²) in [6.45, 7) is 7.37. The molecule has 0 spiro atoms. The number of aromatic nitrogens is 1. The van der Waals surface area contributed by atoms with Crippen LogP contribution in [0.2, 0.25) is 0 Å². The van der Waals surface area contributed by atoms with Gasteiger partial charge in [-0.3, -0.25) is 9.88 Å². The molecule has 2 heterocycles. The SMILES string of the molecule is Cc1ccc(CN2CCC(Oc3cc(C)nc4ccccc34)CC2)cc1. The molecule has 134 valence electrons. The average Bonchev–Trinajstić information content (AvgIpc) is 2.65. The molecule has 0 bridgehead atoms. The summed E-state index contributed by atoms with van der Waals surface area (Å²) in [6.07, 6.45) is 2.43. The van der Waals surface area contributed by atoms with Gasteiger partial charge in [0.2, 0.25) is 0 Å². The van der Waals surface area contributed by atoms with Gasteiger partial charge in [-0.25, -0.2) is 0 Å². The van der Waals surface area contributed by atoms with Crippen molar-refractivity contribution in [1.82, 2.24) is 9.88 Å². The molecule has 0 radical (unpaired) electrons. The molecule has 0 N–H and O–H groups in total. The van der Waals surface area contributed by atoms with Gasteiger partial charge in [0.1, 0.15) is 11.9 Å². The van der Waals surface area contributed by atoms with Crippen molar-refractivity contribution in [2.45, 2.75) is 39.3 Å². The number of ether oxygens (including phenoxy) is 1. The third-order valence-corrected chi connectivity index (χ3v) is 5.16. The standard InChI is InChI=1S/C23H26N2O/c1-17-7-9-19(10-8-17)16-25-13-11-20(12-14-25)26-23-15-18(2)24-22-6-4-3-5-21(22)23/h3-10,15,20H,11-14,16H2,1-2H3. The quantitative estimate of drug-likeness (QED) is 0.672. The van der Waals surface area contributed by atoms with Gasteiger partial charge in [0, 0.05) is 36.8 Å². The summed E-state index contributed by atoms with van der Waals surface area (Å²) >= 11 is 0. The number of piperidine rings is 1. The van der Waals surface area contributed by atoms with Crippen LogP contribution in [0.3, 0.4) is 0 Å². The molecule has 3 nitrogen and oxygen atoms in total. The highest BCUT2D eigenvalue weighted by atomic mass is 16.5. The first-order valence-corrected chi connectivity index (χ1v) is 9.48. The van der Waals surface area contributed by atoms with E-state index in [2.05, 4.69) is 65.3 Å². The number of fused-ring (bicyclic) bond motifs is 1. The van der Waals surface area contributed by atoms with E-state index in [9.17, 15) is 0 Å². The van der Waals surface area contributed by atoms with Crippen LogP contribution in [0, 0.1) is 13.8 Å². The second-order valence-electron chi connectivity index (χ2n) is 7.36. The fourth-order valence-electron chi connectivity index (χ4n) is 3.68. The zero-order valence-corrected chi connectivity index (χ0v) is 15.6. The molecule has 0 aliphatic carbocycles. The molecule has 26 heavy (non-hydrogen) atoms. The second kappa shape index (κ2) is 7.46. The Hall–Kier alpha value is -2.39. The summed E-state index contributed by atoms with van der Waals surface area (Å²) in [6, 6.07) is 19.2. The van der Waals surface area contributed by atoms with E-state index in [0.29, 0.717) is 0 Å². The van der Waals surface area contributed by atoms with E-state index in [1.807, 2.05) is 13.0 Å².